The Morgan fingerprint density at radius 2 is 1.89 bits per heavy atom. The number of rotatable bonds is 3. The fraction of sp³-hybridized carbons (Fsp3) is 0.133. The predicted molar refractivity (Wildman–Crippen MR) is 82.9 cm³/mol. The molecule has 0 heterocycles. The molecule has 0 spiro atoms. The summed E-state index contributed by atoms with van der Waals surface area (Å²) < 4.78 is 0.899. The van der Waals surface area contributed by atoms with Crippen LogP contribution in [0, 0.1) is 0 Å². The summed E-state index contributed by atoms with van der Waals surface area (Å²) in [7, 11) is 3.61. The molecule has 3 nitrogen and oxygen atoms in total. The molecule has 0 radical (unpaired) electrons. The van der Waals surface area contributed by atoms with Gasteiger partial charge in [0.05, 0.1) is 5.69 Å². The molecule has 0 fully saturated rings. The topological polar surface area (TPSA) is 32.3 Å². The fourth-order valence-electron chi connectivity index (χ4n) is 1.83. The van der Waals surface area contributed by atoms with E-state index in [1.54, 1.807) is 11.9 Å². The molecule has 2 aromatic rings. The summed E-state index contributed by atoms with van der Waals surface area (Å²) in [5.74, 6) is -0.0380. The van der Waals surface area contributed by atoms with Crippen molar-refractivity contribution in [2.45, 2.75) is 0 Å². The molecule has 1 amide bonds. The summed E-state index contributed by atoms with van der Waals surface area (Å²) in [5.41, 5.74) is 2.43. The fourth-order valence-corrected chi connectivity index (χ4v) is 2.39. The Balaban J connectivity index is 2.31. The summed E-state index contributed by atoms with van der Waals surface area (Å²) >= 11 is 3.46. The van der Waals surface area contributed by atoms with Crippen LogP contribution in [0.25, 0.3) is 0 Å². The van der Waals surface area contributed by atoms with Crippen molar-refractivity contribution in [3.63, 3.8) is 0 Å². The van der Waals surface area contributed by atoms with Crippen LogP contribution in [0.4, 0.5) is 11.4 Å². The first-order valence-electron chi connectivity index (χ1n) is 5.94. The summed E-state index contributed by atoms with van der Waals surface area (Å²) in [6.07, 6.45) is 0. The summed E-state index contributed by atoms with van der Waals surface area (Å²) in [6, 6.07) is 15.1. The first-order chi connectivity index (χ1) is 9.13. The van der Waals surface area contributed by atoms with Crippen molar-refractivity contribution in [3.05, 3.63) is 58.6 Å². The molecule has 4 heteroatoms. The Labute approximate surface area is 121 Å². The van der Waals surface area contributed by atoms with E-state index < -0.39 is 0 Å². The number of halogens is 1. The van der Waals surface area contributed by atoms with Crippen LogP contribution in [0.5, 0.6) is 0 Å². The van der Waals surface area contributed by atoms with Crippen molar-refractivity contribution >= 4 is 33.2 Å². The second kappa shape index (κ2) is 5.89. The van der Waals surface area contributed by atoms with Gasteiger partial charge in [0.15, 0.2) is 0 Å². The Morgan fingerprint density at radius 1 is 1.16 bits per heavy atom. The van der Waals surface area contributed by atoms with Crippen LogP contribution in [0.3, 0.4) is 0 Å². The lowest BCUT2D eigenvalue weighted by Crippen LogP contribution is -2.26. The van der Waals surface area contributed by atoms with E-state index in [1.807, 2.05) is 55.6 Å². The molecule has 2 aromatic carbocycles. The number of hydrogen-bond donors (Lipinski definition) is 1. The van der Waals surface area contributed by atoms with Crippen LogP contribution in [-0.4, -0.2) is 20.0 Å². The van der Waals surface area contributed by atoms with E-state index in [1.165, 1.54) is 0 Å². The van der Waals surface area contributed by atoms with Crippen LogP contribution in [0.1, 0.15) is 10.4 Å². The number of anilines is 2. The van der Waals surface area contributed by atoms with Crippen LogP contribution in [0.2, 0.25) is 0 Å². The summed E-state index contributed by atoms with van der Waals surface area (Å²) in [6.45, 7) is 0. The molecule has 1 N–H and O–H groups in total. The maximum absolute atomic E-state index is 12.4. The average Bonchev–Trinajstić information content (AvgIpc) is 2.46. The van der Waals surface area contributed by atoms with Crippen molar-refractivity contribution in [1.29, 1.82) is 0 Å². The minimum absolute atomic E-state index is 0.0380. The average molecular weight is 319 g/mol. The number of carbonyl (C=O) groups excluding carboxylic acids is 1. The molecule has 0 aliphatic heterocycles. The van der Waals surface area contributed by atoms with Gasteiger partial charge in [0.2, 0.25) is 0 Å². The highest BCUT2D eigenvalue weighted by atomic mass is 79.9. The highest BCUT2D eigenvalue weighted by Gasteiger charge is 2.15. The number of nitrogens with zero attached hydrogens (tertiary/aromatic N) is 1. The highest BCUT2D eigenvalue weighted by Crippen LogP contribution is 2.26. The predicted octanol–water partition coefficient (Wildman–Crippen LogP) is 3.77. The third-order valence-electron chi connectivity index (χ3n) is 2.92. The van der Waals surface area contributed by atoms with Gasteiger partial charge in [-0.2, -0.15) is 0 Å². The third-order valence-corrected chi connectivity index (χ3v) is 3.59. The zero-order valence-electron chi connectivity index (χ0n) is 10.9. The van der Waals surface area contributed by atoms with E-state index in [-0.39, 0.29) is 5.91 Å². The number of carbonyl (C=O) groups is 1. The van der Waals surface area contributed by atoms with Gasteiger partial charge >= 0.3 is 0 Å². The lowest BCUT2D eigenvalue weighted by Gasteiger charge is -2.19. The standard InChI is InChI=1S/C15H15BrN2O/c1-17-12-7-5-6-11(10-12)15(19)18(2)14-9-4-3-8-13(14)16/h3-10,17H,1-2H3. The first-order valence-corrected chi connectivity index (χ1v) is 6.73. The second-order valence-electron chi connectivity index (χ2n) is 4.15. The maximum Gasteiger partial charge on any atom is 0.258 e. The maximum atomic E-state index is 12.4. The minimum Gasteiger partial charge on any atom is -0.388 e. The molecule has 0 aliphatic rings. The van der Waals surface area contributed by atoms with Crippen LogP contribution in [0.15, 0.2) is 53.0 Å². The number of benzene rings is 2. The Kier molecular flexibility index (Phi) is 4.22. The smallest absolute Gasteiger partial charge is 0.258 e. The molecule has 0 aliphatic carbocycles. The van der Waals surface area contributed by atoms with Gasteiger partial charge in [0.1, 0.15) is 0 Å². The van der Waals surface area contributed by atoms with Crippen LogP contribution in [-0.2, 0) is 0 Å². The summed E-state index contributed by atoms with van der Waals surface area (Å²) in [5, 5.41) is 3.03. The Bertz CT molecular complexity index is 598. The molecule has 0 atom stereocenters. The van der Waals surface area contributed by atoms with Crippen molar-refractivity contribution < 1.29 is 4.79 Å². The quantitative estimate of drug-likeness (QED) is 0.934. The van der Waals surface area contributed by atoms with Gasteiger partial charge in [-0.1, -0.05) is 18.2 Å². The van der Waals surface area contributed by atoms with Gasteiger partial charge in [-0.25, -0.2) is 0 Å². The largest absolute Gasteiger partial charge is 0.388 e. The lowest BCUT2D eigenvalue weighted by atomic mass is 10.1. The summed E-state index contributed by atoms with van der Waals surface area (Å²) in [4.78, 5) is 14.1. The van der Waals surface area contributed by atoms with Crippen LogP contribution >= 0.6 is 15.9 Å². The molecule has 0 bridgehead atoms. The van der Waals surface area contributed by atoms with E-state index in [2.05, 4.69) is 21.2 Å². The Hall–Kier alpha value is -1.81. The van der Waals surface area contributed by atoms with Gasteiger partial charge in [-0.05, 0) is 46.3 Å². The van der Waals surface area contributed by atoms with E-state index in [0.29, 0.717) is 5.56 Å². The van der Waals surface area contributed by atoms with Gasteiger partial charge in [-0.3, -0.25) is 4.79 Å². The van der Waals surface area contributed by atoms with E-state index in [4.69, 9.17) is 0 Å². The molecule has 0 unspecified atom stereocenters. The number of hydrogen-bond acceptors (Lipinski definition) is 2. The van der Waals surface area contributed by atoms with Crippen molar-refractivity contribution in [2.75, 3.05) is 24.3 Å². The molecule has 0 saturated heterocycles. The highest BCUT2D eigenvalue weighted by molar-refractivity contribution is 9.10. The van der Waals surface area contributed by atoms with Crippen molar-refractivity contribution in [2.24, 2.45) is 0 Å². The Morgan fingerprint density at radius 3 is 2.58 bits per heavy atom. The van der Waals surface area contributed by atoms with E-state index in [9.17, 15) is 4.79 Å². The normalized spacial score (nSPS) is 10.1. The second-order valence-corrected chi connectivity index (χ2v) is 5.00. The molecule has 0 saturated carbocycles. The van der Waals surface area contributed by atoms with Gasteiger partial charge in [-0.15, -0.1) is 0 Å². The van der Waals surface area contributed by atoms with Crippen molar-refractivity contribution in [1.82, 2.24) is 0 Å². The zero-order chi connectivity index (χ0) is 13.8. The molecular weight excluding hydrogens is 304 g/mol. The van der Waals surface area contributed by atoms with Crippen molar-refractivity contribution in [3.8, 4) is 0 Å². The van der Waals surface area contributed by atoms with E-state index >= 15 is 0 Å². The van der Waals surface area contributed by atoms with Crippen LogP contribution < -0.4 is 10.2 Å². The minimum atomic E-state index is -0.0380. The number of nitrogens with one attached hydrogen (secondary N) is 1. The molecular formula is C15H15BrN2O. The first kappa shape index (κ1) is 13.6. The van der Waals surface area contributed by atoms with Gasteiger partial charge in [0.25, 0.3) is 5.91 Å². The number of para-hydroxylation sites is 1. The molecule has 2 rings (SSSR count). The molecule has 0 aromatic heterocycles. The third kappa shape index (κ3) is 2.96. The lowest BCUT2D eigenvalue weighted by molar-refractivity contribution is 0.0993. The molecule has 98 valence electrons. The van der Waals surface area contributed by atoms with Gasteiger partial charge < -0.3 is 10.2 Å². The van der Waals surface area contributed by atoms with Gasteiger partial charge in [0, 0.05) is 29.8 Å². The molecule has 19 heavy (non-hydrogen) atoms. The SMILES string of the molecule is CNc1cccc(C(=O)N(C)c2ccccc2Br)c1. The van der Waals surface area contributed by atoms with E-state index in [0.717, 1.165) is 15.8 Å². The zero-order valence-corrected chi connectivity index (χ0v) is 12.4. The number of amides is 1. The monoisotopic (exact) mass is 318 g/mol.